The minimum atomic E-state index is -4.34. The van der Waals surface area contributed by atoms with Crippen molar-refractivity contribution < 1.29 is 18.0 Å². The summed E-state index contributed by atoms with van der Waals surface area (Å²) in [5.41, 5.74) is 1.57. The topological polar surface area (TPSA) is 45.6 Å². The van der Waals surface area contributed by atoms with Crippen molar-refractivity contribution in [2.45, 2.75) is 19.3 Å². The minimum Gasteiger partial charge on any atom is -0.339 e. The van der Waals surface area contributed by atoms with Crippen molar-refractivity contribution in [3.8, 4) is 0 Å². The molecule has 1 saturated heterocycles. The van der Waals surface area contributed by atoms with Gasteiger partial charge in [-0.25, -0.2) is 0 Å². The summed E-state index contributed by atoms with van der Waals surface area (Å²) in [6.45, 7) is 3.01. The maximum atomic E-state index is 13.2. The van der Waals surface area contributed by atoms with Gasteiger partial charge in [0.25, 0.3) is 0 Å². The fraction of sp³-hybridized carbons (Fsp3) is 0.259. The second-order valence-corrected chi connectivity index (χ2v) is 8.80. The monoisotopic (exact) mass is 479 g/mol. The molecule has 180 valence electrons. The Morgan fingerprint density at radius 1 is 0.771 bits per heavy atom. The maximum absolute atomic E-state index is 13.2. The Morgan fingerprint density at radius 3 is 1.86 bits per heavy atom. The number of hydrogen-bond donors (Lipinski definition) is 0. The molecule has 0 atom stereocenters. The number of amides is 1. The van der Waals surface area contributed by atoms with E-state index in [9.17, 15) is 22.8 Å². The number of nitrogens with zero attached hydrogens (tertiary/aromatic N) is 3. The highest BCUT2D eigenvalue weighted by molar-refractivity contribution is 5.94. The van der Waals surface area contributed by atoms with Crippen LogP contribution in [0.3, 0.4) is 0 Å². The normalized spacial score (nSPS) is 15.1. The third kappa shape index (κ3) is 4.66. The van der Waals surface area contributed by atoms with Crippen LogP contribution in [0.2, 0.25) is 0 Å². The molecule has 1 fully saturated rings. The van der Waals surface area contributed by atoms with E-state index in [0.717, 1.165) is 28.7 Å². The number of carbonyl (C=O) groups excluding carboxylic acids is 1. The molecule has 0 aliphatic carbocycles. The van der Waals surface area contributed by atoms with Crippen LogP contribution in [0, 0.1) is 0 Å². The third-order valence-electron chi connectivity index (χ3n) is 6.58. The van der Waals surface area contributed by atoms with Crippen LogP contribution in [0.5, 0.6) is 0 Å². The zero-order valence-electron chi connectivity index (χ0n) is 19.0. The molecule has 1 aliphatic rings. The van der Waals surface area contributed by atoms with E-state index >= 15 is 0 Å². The van der Waals surface area contributed by atoms with Gasteiger partial charge < -0.3 is 9.47 Å². The summed E-state index contributed by atoms with van der Waals surface area (Å²) in [5.74, 6) is -0.0295. The number of piperazine rings is 1. The summed E-state index contributed by atoms with van der Waals surface area (Å²) >= 11 is 0. The number of alkyl halides is 3. The van der Waals surface area contributed by atoms with Crippen LogP contribution in [0.1, 0.15) is 11.1 Å². The SMILES string of the molecule is O=C(Cn1c2ccccc2c(=O)c2ccccc21)N1CCN(Cc2ccc(C(F)(F)F)cc2)CC1. The molecule has 0 saturated carbocycles. The zero-order chi connectivity index (χ0) is 24.6. The van der Waals surface area contributed by atoms with Gasteiger partial charge in [0.05, 0.1) is 16.6 Å². The Labute approximate surface area is 200 Å². The molecule has 3 aromatic carbocycles. The summed E-state index contributed by atoms with van der Waals surface area (Å²) < 4.78 is 40.2. The molecular weight excluding hydrogens is 455 g/mol. The second-order valence-electron chi connectivity index (χ2n) is 8.80. The molecule has 4 aromatic rings. The number of rotatable bonds is 4. The van der Waals surface area contributed by atoms with Crippen molar-refractivity contribution in [1.29, 1.82) is 0 Å². The van der Waals surface area contributed by atoms with Crippen molar-refractivity contribution in [1.82, 2.24) is 14.4 Å². The fourth-order valence-electron chi connectivity index (χ4n) is 4.70. The van der Waals surface area contributed by atoms with Gasteiger partial charge >= 0.3 is 6.18 Å². The molecule has 0 spiro atoms. The lowest BCUT2D eigenvalue weighted by atomic mass is 10.1. The number of para-hydroxylation sites is 2. The molecule has 1 aromatic heterocycles. The second kappa shape index (κ2) is 9.19. The summed E-state index contributed by atoms with van der Waals surface area (Å²) in [4.78, 5) is 30.1. The Bertz CT molecular complexity index is 1380. The molecular formula is C27H24F3N3O2. The highest BCUT2D eigenvalue weighted by Gasteiger charge is 2.30. The first-order valence-corrected chi connectivity index (χ1v) is 11.5. The van der Waals surface area contributed by atoms with Crippen molar-refractivity contribution in [2.75, 3.05) is 26.2 Å². The zero-order valence-corrected chi connectivity index (χ0v) is 19.0. The van der Waals surface area contributed by atoms with Crippen LogP contribution in [0.15, 0.2) is 77.6 Å². The minimum absolute atomic E-state index is 0.0295. The molecule has 35 heavy (non-hydrogen) atoms. The van der Waals surface area contributed by atoms with E-state index in [4.69, 9.17) is 0 Å². The molecule has 0 bridgehead atoms. The Kier molecular flexibility index (Phi) is 6.06. The first-order valence-electron chi connectivity index (χ1n) is 11.5. The first kappa shape index (κ1) is 23.1. The van der Waals surface area contributed by atoms with Crippen molar-refractivity contribution in [2.24, 2.45) is 0 Å². The molecule has 0 radical (unpaired) electrons. The highest BCUT2D eigenvalue weighted by Crippen LogP contribution is 2.29. The van der Waals surface area contributed by atoms with E-state index < -0.39 is 11.7 Å². The predicted molar refractivity (Wildman–Crippen MR) is 129 cm³/mol. The van der Waals surface area contributed by atoms with Crippen LogP contribution in [0.4, 0.5) is 13.2 Å². The number of benzene rings is 3. The van der Waals surface area contributed by atoms with E-state index in [1.54, 1.807) is 12.1 Å². The Balaban J connectivity index is 1.28. The number of aromatic nitrogens is 1. The van der Waals surface area contributed by atoms with Crippen molar-refractivity contribution >= 4 is 27.7 Å². The van der Waals surface area contributed by atoms with E-state index in [2.05, 4.69) is 4.90 Å². The van der Waals surface area contributed by atoms with Gasteiger partial charge in [-0.2, -0.15) is 13.2 Å². The molecule has 1 aliphatic heterocycles. The lowest BCUT2D eigenvalue weighted by molar-refractivity contribution is -0.137. The van der Waals surface area contributed by atoms with Gasteiger partial charge in [0.1, 0.15) is 6.54 Å². The quantitative estimate of drug-likeness (QED) is 0.405. The summed E-state index contributed by atoms with van der Waals surface area (Å²) in [6, 6.07) is 19.9. The lowest BCUT2D eigenvalue weighted by Crippen LogP contribution is -2.49. The van der Waals surface area contributed by atoms with Crippen LogP contribution in [0.25, 0.3) is 21.8 Å². The van der Waals surface area contributed by atoms with Gasteiger partial charge in [0.2, 0.25) is 5.91 Å². The largest absolute Gasteiger partial charge is 0.416 e. The Hall–Kier alpha value is -3.65. The van der Waals surface area contributed by atoms with Crippen LogP contribution in [-0.2, 0) is 24.1 Å². The van der Waals surface area contributed by atoms with Gasteiger partial charge in [0, 0.05) is 43.5 Å². The van der Waals surface area contributed by atoms with E-state index in [-0.39, 0.29) is 17.9 Å². The van der Waals surface area contributed by atoms with E-state index in [1.807, 2.05) is 45.9 Å². The summed E-state index contributed by atoms with van der Waals surface area (Å²) in [5, 5.41) is 1.17. The van der Waals surface area contributed by atoms with E-state index in [0.29, 0.717) is 43.5 Å². The van der Waals surface area contributed by atoms with E-state index in [1.165, 1.54) is 12.1 Å². The van der Waals surface area contributed by atoms with Crippen molar-refractivity contribution in [3.63, 3.8) is 0 Å². The average molecular weight is 480 g/mol. The first-order chi connectivity index (χ1) is 16.8. The van der Waals surface area contributed by atoms with Gasteiger partial charge in [-0.1, -0.05) is 36.4 Å². The van der Waals surface area contributed by atoms with Gasteiger partial charge in [0.15, 0.2) is 5.43 Å². The van der Waals surface area contributed by atoms with Crippen LogP contribution >= 0.6 is 0 Å². The molecule has 0 unspecified atom stereocenters. The number of fused-ring (bicyclic) bond motifs is 2. The number of hydrogen-bond acceptors (Lipinski definition) is 3. The molecule has 1 amide bonds. The average Bonchev–Trinajstić information content (AvgIpc) is 2.87. The number of halogens is 3. The summed E-state index contributed by atoms with van der Waals surface area (Å²) in [6.07, 6.45) is -4.34. The number of pyridine rings is 1. The summed E-state index contributed by atoms with van der Waals surface area (Å²) in [7, 11) is 0. The third-order valence-corrected chi connectivity index (χ3v) is 6.58. The lowest BCUT2D eigenvalue weighted by Gasteiger charge is -2.35. The smallest absolute Gasteiger partial charge is 0.339 e. The van der Waals surface area contributed by atoms with Crippen molar-refractivity contribution in [3.05, 3.63) is 94.1 Å². The van der Waals surface area contributed by atoms with Crippen LogP contribution < -0.4 is 5.43 Å². The number of carbonyl (C=O) groups is 1. The fourth-order valence-corrected chi connectivity index (χ4v) is 4.70. The molecule has 0 N–H and O–H groups in total. The molecule has 5 nitrogen and oxygen atoms in total. The van der Waals surface area contributed by atoms with Gasteiger partial charge in [-0.05, 0) is 42.0 Å². The Morgan fingerprint density at radius 2 is 1.31 bits per heavy atom. The molecule has 2 heterocycles. The molecule has 5 rings (SSSR count). The highest BCUT2D eigenvalue weighted by atomic mass is 19.4. The standard InChI is InChI=1S/C27H24F3N3O2/c28-27(29,30)20-11-9-19(10-12-20)17-31-13-15-32(16-14-31)25(34)18-33-23-7-3-1-5-21(23)26(35)22-6-2-4-8-24(22)33/h1-12H,13-18H2. The van der Waals surface area contributed by atoms with Gasteiger partial charge in [-0.15, -0.1) is 0 Å². The maximum Gasteiger partial charge on any atom is 0.416 e. The van der Waals surface area contributed by atoms with Crippen LogP contribution in [-0.4, -0.2) is 46.5 Å². The molecule has 8 heteroatoms. The predicted octanol–water partition coefficient (Wildman–Crippen LogP) is 4.52. The van der Waals surface area contributed by atoms with Gasteiger partial charge in [-0.3, -0.25) is 14.5 Å².